The third kappa shape index (κ3) is 5.37. The van der Waals surface area contributed by atoms with Crippen molar-refractivity contribution in [2.24, 2.45) is 0 Å². The van der Waals surface area contributed by atoms with Crippen molar-refractivity contribution >= 4 is 0 Å². The molecule has 1 saturated heterocycles. The summed E-state index contributed by atoms with van der Waals surface area (Å²) in [6.07, 6.45) is -0.696. The predicted octanol–water partition coefficient (Wildman–Crippen LogP) is 1.58. The Labute approximate surface area is 165 Å². The van der Waals surface area contributed by atoms with E-state index in [9.17, 15) is 14.6 Å². The van der Waals surface area contributed by atoms with Gasteiger partial charge in [0.2, 0.25) is 0 Å². The Kier molecular flexibility index (Phi) is 7.53. The highest BCUT2D eigenvalue weighted by Crippen LogP contribution is 2.25. The molecule has 0 radical (unpaired) electrons. The summed E-state index contributed by atoms with van der Waals surface area (Å²) in [5.74, 6) is -0.253. The number of hydrogen-bond donors (Lipinski definition) is 3. The van der Waals surface area contributed by atoms with Crippen LogP contribution in [0.5, 0.6) is 0 Å². The lowest BCUT2D eigenvalue weighted by molar-refractivity contribution is -0.0213. The maximum Gasteiger partial charge on any atom is 0.123 e. The highest BCUT2D eigenvalue weighted by Gasteiger charge is 2.44. The fraction of sp³-hybridized carbons (Fsp3) is 0.455. The van der Waals surface area contributed by atoms with Crippen LogP contribution < -0.4 is 5.32 Å². The number of ether oxygens (including phenoxy) is 1. The largest absolute Gasteiger partial charge is 0.394 e. The molecule has 28 heavy (non-hydrogen) atoms. The van der Waals surface area contributed by atoms with Crippen molar-refractivity contribution < 1.29 is 19.3 Å². The molecule has 152 valence electrons. The highest BCUT2D eigenvalue weighted by atomic mass is 19.1. The van der Waals surface area contributed by atoms with Gasteiger partial charge in [-0.05, 0) is 36.7 Å². The number of rotatable bonds is 9. The molecule has 1 aliphatic heterocycles. The molecule has 0 spiro atoms. The number of hydrogen-bond acceptors (Lipinski definition) is 5. The van der Waals surface area contributed by atoms with Gasteiger partial charge in [-0.2, -0.15) is 0 Å². The van der Waals surface area contributed by atoms with Crippen LogP contribution in [0, 0.1) is 5.82 Å². The molecular weight excluding hydrogens is 359 g/mol. The highest BCUT2D eigenvalue weighted by molar-refractivity contribution is 5.16. The van der Waals surface area contributed by atoms with Crippen molar-refractivity contribution in [1.29, 1.82) is 0 Å². The molecule has 0 aliphatic carbocycles. The zero-order chi connectivity index (χ0) is 19.9. The average molecular weight is 388 g/mol. The van der Waals surface area contributed by atoms with Gasteiger partial charge in [0, 0.05) is 19.6 Å². The SMILES string of the molecule is CN(CCc1ccccc1)C1C(CNCc2ccc(F)cc2)OC(CO)C1O. The minimum atomic E-state index is -0.747. The number of nitrogens with one attached hydrogen (secondary N) is 1. The molecule has 0 saturated carbocycles. The quantitative estimate of drug-likeness (QED) is 0.609. The van der Waals surface area contributed by atoms with E-state index >= 15 is 0 Å². The summed E-state index contributed by atoms with van der Waals surface area (Å²) >= 11 is 0. The molecule has 6 heteroatoms. The Balaban J connectivity index is 1.56. The van der Waals surface area contributed by atoms with Gasteiger partial charge in [0.1, 0.15) is 18.0 Å². The van der Waals surface area contributed by atoms with Crippen LogP contribution in [0.2, 0.25) is 0 Å². The third-order valence-electron chi connectivity index (χ3n) is 5.33. The maximum absolute atomic E-state index is 13.0. The van der Waals surface area contributed by atoms with E-state index in [1.165, 1.54) is 17.7 Å². The first kappa shape index (κ1) is 20.9. The third-order valence-corrected chi connectivity index (χ3v) is 5.33. The lowest BCUT2D eigenvalue weighted by Crippen LogP contribution is -2.49. The summed E-state index contributed by atoms with van der Waals surface area (Å²) in [4.78, 5) is 2.11. The first-order chi connectivity index (χ1) is 13.6. The fourth-order valence-corrected chi connectivity index (χ4v) is 3.75. The van der Waals surface area contributed by atoms with E-state index in [4.69, 9.17) is 4.74 Å². The van der Waals surface area contributed by atoms with E-state index < -0.39 is 12.2 Å². The molecular formula is C22H29FN2O3. The predicted molar refractivity (Wildman–Crippen MR) is 106 cm³/mol. The smallest absolute Gasteiger partial charge is 0.123 e. The lowest BCUT2D eigenvalue weighted by Gasteiger charge is -2.30. The minimum Gasteiger partial charge on any atom is -0.394 e. The molecule has 1 heterocycles. The van der Waals surface area contributed by atoms with E-state index in [0.717, 1.165) is 18.5 Å². The summed E-state index contributed by atoms with van der Waals surface area (Å²) in [5.41, 5.74) is 2.22. The molecule has 1 aliphatic rings. The zero-order valence-electron chi connectivity index (χ0n) is 16.2. The number of aliphatic hydroxyl groups is 2. The van der Waals surface area contributed by atoms with Gasteiger partial charge in [-0.1, -0.05) is 42.5 Å². The maximum atomic E-state index is 13.0. The molecule has 4 atom stereocenters. The van der Waals surface area contributed by atoms with Gasteiger partial charge >= 0.3 is 0 Å². The molecule has 2 aromatic rings. The van der Waals surface area contributed by atoms with E-state index in [-0.39, 0.29) is 24.6 Å². The molecule has 0 aromatic heterocycles. The Morgan fingerprint density at radius 1 is 1.04 bits per heavy atom. The Bertz CT molecular complexity index is 713. The Hall–Kier alpha value is -1.83. The van der Waals surface area contributed by atoms with Gasteiger partial charge in [0.15, 0.2) is 0 Å². The molecule has 3 rings (SSSR count). The van der Waals surface area contributed by atoms with E-state index in [1.807, 2.05) is 25.2 Å². The van der Waals surface area contributed by atoms with Crippen LogP contribution in [0.3, 0.4) is 0 Å². The van der Waals surface area contributed by atoms with Crippen LogP contribution in [0.4, 0.5) is 4.39 Å². The van der Waals surface area contributed by atoms with Crippen LogP contribution in [-0.2, 0) is 17.7 Å². The molecule has 3 N–H and O–H groups in total. The van der Waals surface area contributed by atoms with Crippen LogP contribution in [-0.4, -0.2) is 66.2 Å². The van der Waals surface area contributed by atoms with E-state index in [2.05, 4.69) is 22.3 Å². The topological polar surface area (TPSA) is 65.0 Å². The summed E-state index contributed by atoms with van der Waals surface area (Å²) in [6, 6.07) is 16.4. The summed E-state index contributed by atoms with van der Waals surface area (Å²) in [6.45, 7) is 1.69. The second kappa shape index (κ2) is 10.1. The van der Waals surface area contributed by atoms with Gasteiger partial charge in [0.25, 0.3) is 0 Å². The van der Waals surface area contributed by atoms with Gasteiger partial charge < -0.3 is 20.3 Å². The first-order valence-corrected chi connectivity index (χ1v) is 9.72. The normalized spacial score (nSPS) is 24.8. The molecule has 0 bridgehead atoms. The standard InChI is InChI=1S/C22H29FN2O3/c1-25(12-11-16-5-3-2-4-6-16)21-19(28-20(15-26)22(21)27)14-24-13-17-7-9-18(23)10-8-17/h2-10,19-22,24,26-27H,11-15H2,1H3. The summed E-state index contributed by atoms with van der Waals surface area (Å²) in [5, 5.41) is 23.5. The van der Waals surface area contributed by atoms with Gasteiger partial charge in [-0.25, -0.2) is 4.39 Å². The molecule has 0 amide bonds. The van der Waals surface area contributed by atoms with Crippen molar-refractivity contribution in [2.75, 3.05) is 26.7 Å². The number of halogens is 1. The Morgan fingerprint density at radius 2 is 1.75 bits per heavy atom. The average Bonchev–Trinajstić information content (AvgIpc) is 3.04. The van der Waals surface area contributed by atoms with Gasteiger partial charge in [-0.15, -0.1) is 0 Å². The van der Waals surface area contributed by atoms with Crippen molar-refractivity contribution in [3.63, 3.8) is 0 Å². The van der Waals surface area contributed by atoms with Crippen LogP contribution in [0.25, 0.3) is 0 Å². The fourth-order valence-electron chi connectivity index (χ4n) is 3.75. The number of aliphatic hydroxyl groups excluding tert-OH is 2. The van der Waals surface area contributed by atoms with Crippen molar-refractivity contribution in [3.05, 3.63) is 71.5 Å². The monoisotopic (exact) mass is 388 g/mol. The molecule has 2 aromatic carbocycles. The molecule has 4 unspecified atom stereocenters. The lowest BCUT2D eigenvalue weighted by atomic mass is 10.0. The van der Waals surface area contributed by atoms with Crippen molar-refractivity contribution in [1.82, 2.24) is 10.2 Å². The summed E-state index contributed by atoms with van der Waals surface area (Å²) in [7, 11) is 1.98. The van der Waals surface area contributed by atoms with Crippen LogP contribution in [0.1, 0.15) is 11.1 Å². The second-order valence-electron chi connectivity index (χ2n) is 7.35. The van der Waals surface area contributed by atoms with Crippen LogP contribution >= 0.6 is 0 Å². The number of benzene rings is 2. The second-order valence-corrected chi connectivity index (χ2v) is 7.35. The molecule has 1 fully saturated rings. The molecule has 5 nitrogen and oxygen atoms in total. The van der Waals surface area contributed by atoms with E-state index in [1.54, 1.807) is 12.1 Å². The van der Waals surface area contributed by atoms with E-state index in [0.29, 0.717) is 13.1 Å². The van der Waals surface area contributed by atoms with Crippen molar-refractivity contribution in [2.45, 2.75) is 37.3 Å². The van der Waals surface area contributed by atoms with Gasteiger partial charge in [0.05, 0.1) is 18.8 Å². The zero-order valence-corrected chi connectivity index (χ0v) is 16.2. The Morgan fingerprint density at radius 3 is 2.43 bits per heavy atom. The van der Waals surface area contributed by atoms with Crippen molar-refractivity contribution in [3.8, 4) is 0 Å². The van der Waals surface area contributed by atoms with Crippen LogP contribution in [0.15, 0.2) is 54.6 Å². The number of likely N-dealkylation sites (N-methyl/N-ethyl adjacent to an activating group) is 1. The number of nitrogens with zero attached hydrogens (tertiary/aromatic N) is 1. The first-order valence-electron chi connectivity index (χ1n) is 9.72. The van der Waals surface area contributed by atoms with Gasteiger partial charge in [-0.3, -0.25) is 4.90 Å². The minimum absolute atomic E-state index is 0.207. The summed E-state index contributed by atoms with van der Waals surface area (Å²) < 4.78 is 18.9.